The predicted molar refractivity (Wildman–Crippen MR) is 100 cm³/mol. The van der Waals surface area contributed by atoms with Crippen LogP contribution in [-0.2, 0) is 19.3 Å². The maximum atomic E-state index is 4.22. The molecule has 1 heteroatoms. The molecule has 0 aromatic heterocycles. The van der Waals surface area contributed by atoms with E-state index >= 15 is 0 Å². The normalized spacial score (nSPS) is 17.6. The molecule has 0 spiro atoms. The molecule has 120 valence electrons. The van der Waals surface area contributed by atoms with Gasteiger partial charge in [-0.1, -0.05) is 44.4 Å². The summed E-state index contributed by atoms with van der Waals surface area (Å²) in [5.74, 6) is 0. The van der Waals surface area contributed by atoms with Crippen LogP contribution >= 0.6 is 0 Å². The summed E-state index contributed by atoms with van der Waals surface area (Å²) >= 11 is 0. The van der Waals surface area contributed by atoms with Gasteiger partial charge in [0.25, 0.3) is 0 Å². The van der Waals surface area contributed by atoms with Crippen molar-refractivity contribution in [3.05, 3.63) is 77.2 Å². The summed E-state index contributed by atoms with van der Waals surface area (Å²) in [6.45, 7) is 11.6. The monoisotopic (exact) mass is 305 g/mol. The first-order valence-electron chi connectivity index (χ1n) is 8.83. The average Bonchev–Trinajstić information content (AvgIpc) is 2.59. The Kier molecular flexibility index (Phi) is 4.85. The number of benzene rings is 1. The predicted octanol–water partition coefficient (Wildman–Crippen LogP) is 5.43. The van der Waals surface area contributed by atoms with Crippen LogP contribution in [0.15, 0.2) is 54.9 Å². The zero-order chi connectivity index (χ0) is 16.2. The van der Waals surface area contributed by atoms with Crippen molar-refractivity contribution < 1.29 is 0 Å². The lowest BCUT2D eigenvalue weighted by Gasteiger charge is -2.27. The molecule has 1 nitrogen and oxygen atoms in total. The Labute approximate surface area is 140 Å². The molecule has 1 aromatic rings. The van der Waals surface area contributed by atoms with Gasteiger partial charge in [0, 0.05) is 17.9 Å². The number of aryl methyl sites for hydroxylation is 2. The van der Waals surface area contributed by atoms with Crippen LogP contribution in [-0.4, -0.2) is 11.4 Å². The Bertz CT molecular complexity index is 658. The van der Waals surface area contributed by atoms with Crippen LogP contribution in [0.3, 0.4) is 0 Å². The molecule has 3 rings (SSSR count). The van der Waals surface area contributed by atoms with Crippen molar-refractivity contribution in [2.75, 3.05) is 6.54 Å². The van der Waals surface area contributed by atoms with Gasteiger partial charge in [0.05, 0.1) is 0 Å². The van der Waals surface area contributed by atoms with E-state index in [4.69, 9.17) is 0 Å². The molecule has 0 unspecified atom stereocenters. The van der Waals surface area contributed by atoms with Crippen molar-refractivity contribution in [2.24, 2.45) is 0 Å². The quantitative estimate of drug-likeness (QED) is 0.670. The summed E-state index contributed by atoms with van der Waals surface area (Å²) in [6, 6.07) is 4.74. The molecular weight excluding hydrogens is 278 g/mol. The highest BCUT2D eigenvalue weighted by molar-refractivity contribution is 5.57. The van der Waals surface area contributed by atoms with Crippen LogP contribution in [0, 0.1) is 0 Å². The minimum Gasteiger partial charge on any atom is -0.342 e. The van der Waals surface area contributed by atoms with E-state index in [0.717, 1.165) is 30.8 Å². The molecule has 1 aliphatic heterocycles. The van der Waals surface area contributed by atoms with Crippen molar-refractivity contribution in [3.63, 3.8) is 0 Å². The molecule has 1 aliphatic carbocycles. The molecule has 0 bridgehead atoms. The first-order chi connectivity index (χ1) is 11.2. The lowest BCUT2D eigenvalue weighted by molar-refractivity contribution is 0.452. The van der Waals surface area contributed by atoms with Crippen LogP contribution in [0.1, 0.15) is 48.4 Å². The number of hydrogen-bond acceptors (Lipinski definition) is 1. The van der Waals surface area contributed by atoms with Gasteiger partial charge in [-0.05, 0) is 72.9 Å². The minimum absolute atomic E-state index is 0.975. The molecular formula is C22H27N. The fourth-order valence-corrected chi connectivity index (χ4v) is 3.66. The third-order valence-corrected chi connectivity index (χ3v) is 4.95. The van der Waals surface area contributed by atoms with Gasteiger partial charge >= 0.3 is 0 Å². The Hall–Kier alpha value is -2.02. The molecule has 0 saturated heterocycles. The van der Waals surface area contributed by atoms with Crippen LogP contribution in [0.4, 0.5) is 0 Å². The summed E-state index contributed by atoms with van der Waals surface area (Å²) in [5.41, 5.74) is 8.07. The van der Waals surface area contributed by atoms with E-state index in [0.29, 0.717) is 0 Å². The second-order valence-electron chi connectivity index (χ2n) is 6.54. The topological polar surface area (TPSA) is 3.24 Å². The van der Waals surface area contributed by atoms with Crippen LogP contribution in [0.2, 0.25) is 0 Å². The highest BCUT2D eigenvalue weighted by Gasteiger charge is 2.14. The van der Waals surface area contributed by atoms with Gasteiger partial charge in [0.2, 0.25) is 0 Å². The van der Waals surface area contributed by atoms with E-state index in [1.807, 2.05) is 0 Å². The number of fused-ring (bicyclic) bond motifs is 1. The number of nitrogens with zero attached hydrogens (tertiary/aromatic N) is 1. The van der Waals surface area contributed by atoms with Gasteiger partial charge in [-0.15, -0.1) is 0 Å². The molecule has 0 N–H and O–H groups in total. The molecule has 0 fully saturated rings. The van der Waals surface area contributed by atoms with Crippen molar-refractivity contribution in [1.82, 2.24) is 4.90 Å². The highest BCUT2D eigenvalue weighted by Crippen LogP contribution is 2.27. The van der Waals surface area contributed by atoms with Crippen LogP contribution < -0.4 is 0 Å². The Morgan fingerprint density at radius 2 is 2.09 bits per heavy atom. The number of hydrogen-bond donors (Lipinski definition) is 0. The zero-order valence-electron chi connectivity index (χ0n) is 14.3. The smallest absolute Gasteiger partial charge is 0.0338 e. The number of allylic oxidation sites excluding steroid dienone is 2. The Morgan fingerprint density at radius 3 is 2.87 bits per heavy atom. The molecule has 0 amide bonds. The second kappa shape index (κ2) is 7.04. The molecule has 0 atom stereocenters. The van der Waals surface area contributed by atoms with E-state index in [9.17, 15) is 0 Å². The van der Waals surface area contributed by atoms with E-state index in [1.165, 1.54) is 36.8 Å². The largest absolute Gasteiger partial charge is 0.342 e. The lowest BCUT2D eigenvalue weighted by atomic mass is 9.86. The fraction of sp³-hybridized carbons (Fsp3) is 0.364. The first kappa shape index (κ1) is 15.9. The molecule has 0 radical (unpaired) electrons. The standard InChI is InChI=1S/C22H27N/c1-4-20-15-19(16-21-10-5-6-11-22(20)21)13-12-18(3)23-14-8-7-9-17(23)2/h7,9,12-13,15-16H,2-6,8,10-11,14H2,1H3/b13-12+. The van der Waals surface area contributed by atoms with E-state index < -0.39 is 0 Å². The van der Waals surface area contributed by atoms with Gasteiger partial charge in [-0.3, -0.25) is 0 Å². The second-order valence-corrected chi connectivity index (χ2v) is 6.54. The summed E-state index contributed by atoms with van der Waals surface area (Å²) in [7, 11) is 0. The van der Waals surface area contributed by atoms with Crippen molar-refractivity contribution in [3.8, 4) is 0 Å². The maximum Gasteiger partial charge on any atom is 0.0338 e. The SMILES string of the molecule is C=C1C=CCCN1C(=C)/C=C/c1cc(CC)c2c(c1)CCCC2. The Morgan fingerprint density at radius 1 is 1.26 bits per heavy atom. The molecule has 23 heavy (non-hydrogen) atoms. The maximum absolute atomic E-state index is 4.22. The third-order valence-electron chi connectivity index (χ3n) is 4.95. The fourth-order valence-electron chi connectivity index (χ4n) is 3.66. The summed E-state index contributed by atoms with van der Waals surface area (Å²) in [5, 5.41) is 0. The van der Waals surface area contributed by atoms with Crippen LogP contribution in [0.25, 0.3) is 6.08 Å². The van der Waals surface area contributed by atoms with E-state index in [-0.39, 0.29) is 0 Å². The molecule has 1 aromatic carbocycles. The number of rotatable bonds is 4. The van der Waals surface area contributed by atoms with Gasteiger partial charge in [-0.25, -0.2) is 0 Å². The van der Waals surface area contributed by atoms with Crippen molar-refractivity contribution in [2.45, 2.75) is 45.4 Å². The highest BCUT2D eigenvalue weighted by atomic mass is 15.1. The Balaban J connectivity index is 1.80. The summed E-state index contributed by atoms with van der Waals surface area (Å²) in [4.78, 5) is 2.19. The lowest BCUT2D eigenvalue weighted by Crippen LogP contribution is -2.22. The van der Waals surface area contributed by atoms with Gasteiger partial charge in [-0.2, -0.15) is 0 Å². The van der Waals surface area contributed by atoms with Crippen molar-refractivity contribution in [1.29, 1.82) is 0 Å². The molecule has 0 saturated carbocycles. The zero-order valence-corrected chi connectivity index (χ0v) is 14.3. The third kappa shape index (κ3) is 3.50. The molecule has 2 aliphatic rings. The van der Waals surface area contributed by atoms with Crippen LogP contribution in [0.5, 0.6) is 0 Å². The first-order valence-corrected chi connectivity index (χ1v) is 8.83. The van der Waals surface area contributed by atoms with E-state index in [2.05, 4.69) is 61.4 Å². The molecule has 1 heterocycles. The van der Waals surface area contributed by atoms with Gasteiger partial charge < -0.3 is 4.90 Å². The van der Waals surface area contributed by atoms with Gasteiger partial charge in [0.1, 0.15) is 0 Å². The average molecular weight is 305 g/mol. The van der Waals surface area contributed by atoms with Crippen molar-refractivity contribution >= 4 is 6.08 Å². The van der Waals surface area contributed by atoms with E-state index in [1.54, 1.807) is 11.1 Å². The van der Waals surface area contributed by atoms with Gasteiger partial charge in [0.15, 0.2) is 0 Å². The minimum atomic E-state index is 0.975. The summed E-state index contributed by atoms with van der Waals surface area (Å²) < 4.78 is 0. The summed E-state index contributed by atoms with van der Waals surface area (Å²) in [6.07, 6.45) is 15.9.